The Morgan fingerprint density at radius 1 is 1.15 bits per heavy atom. The molecule has 132 valence electrons. The van der Waals surface area contributed by atoms with Gasteiger partial charge in [0.1, 0.15) is 11.6 Å². The summed E-state index contributed by atoms with van der Waals surface area (Å²) in [7, 11) is 0. The number of amides is 1. The quantitative estimate of drug-likeness (QED) is 0.779. The molecule has 0 spiro atoms. The first kappa shape index (κ1) is 16.5. The number of nitrogens with one attached hydrogen (secondary N) is 1. The molecule has 4 nitrogen and oxygen atoms in total. The van der Waals surface area contributed by atoms with Gasteiger partial charge in [0.2, 0.25) is 5.91 Å². The number of hydrogen-bond donors (Lipinski definition) is 1. The first-order valence-corrected chi connectivity index (χ1v) is 8.84. The SMILES string of the molecule is O=C(N[C@H](c1ccccc1)c1cccc(F)c1)[C@H]1CCCn2ccnc21. The standard InChI is InChI=1S/C21H20FN3O/c22-17-9-4-8-16(14-17)19(15-6-2-1-3-7-15)24-21(26)18-10-5-12-25-13-11-23-20(18)25/h1-4,6-9,11,13-14,18-19H,5,10,12H2,(H,24,26)/t18-,19+/m0/s1. The Morgan fingerprint density at radius 2 is 1.96 bits per heavy atom. The monoisotopic (exact) mass is 349 g/mol. The largest absolute Gasteiger partial charge is 0.345 e. The molecule has 2 aromatic carbocycles. The number of nitrogens with zero attached hydrogens (tertiary/aromatic N) is 2. The molecule has 1 N–H and O–H groups in total. The van der Waals surface area contributed by atoms with Crippen LogP contribution in [0.15, 0.2) is 67.0 Å². The molecule has 0 saturated heterocycles. The molecule has 5 heteroatoms. The predicted octanol–water partition coefficient (Wildman–Crippen LogP) is 3.81. The van der Waals surface area contributed by atoms with Gasteiger partial charge < -0.3 is 9.88 Å². The summed E-state index contributed by atoms with van der Waals surface area (Å²) in [6.07, 6.45) is 5.36. The second-order valence-corrected chi connectivity index (χ2v) is 6.58. The fraction of sp³-hybridized carbons (Fsp3) is 0.238. The average Bonchev–Trinajstić information content (AvgIpc) is 3.15. The van der Waals surface area contributed by atoms with Crippen LogP contribution in [0.1, 0.15) is 41.8 Å². The van der Waals surface area contributed by atoms with E-state index in [1.54, 1.807) is 12.3 Å². The van der Waals surface area contributed by atoms with Gasteiger partial charge in [-0.1, -0.05) is 42.5 Å². The molecule has 3 aromatic rings. The summed E-state index contributed by atoms with van der Waals surface area (Å²) in [6, 6.07) is 15.6. The van der Waals surface area contributed by atoms with Crippen LogP contribution in [0.25, 0.3) is 0 Å². The molecule has 0 bridgehead atoms. The first-order valence-electron chi connectivity index (χ1n) is 8.84. The maximum Gasteiger partial charge on any atom is 0.231 e. The van der Waals surface area contributed by atoms with E-state index in [-0.39, 0.29) is 17.6 Å². The highest BCUT2D eigenvalue weighted by Gasteiger charge is 2.30. The Morgan fingerprint density at radius 3 is 2.77 bits per heavy atom. The third-order valence-corrected chi connectivity index (χ3v) is 4.87. The molecule has 0 fully saturated rings. The lowest BCUT2D eigenvalue weighted by Gasteiger charge is -2.26. The minimum absolute atomic E-state index is 0.0738. The first-order chi connectivity index (χ1) is 12.7. The number of aromatic nitrogens is 2. The van der Waals surface area contributed by atoms with Crippen molar-refractivity contribution >= 4 is 5.91 Å². The van der Waals surface area contributed by atoms with Crippen LogP contribution in [0.2, 0.25) is 0 Å². The van der Waals surface area contributed by atoms with E-state index in [4.69, 9.17) is 0 Å². The van der Waals surface area contributed by atoms with Crippen molar-refractivity contribution in [2.45, 2.75) is 31.3 Å². The van der Waals surface area contributed by atoms with Crippen LogP contribution in [0.4, 0.5) is 4.39 Å². The number of benzene rings is 2. The number of carbonyl (C=O) groups excluding carboxylic acids is 1. The third-order valence-electron chi connectivity index (χ3n) is 4.87. The summed E-state index contributed by atoms with van der Waals surface area (Å²) in [5, 5.41) is 3.12. The molecule has 4 rings (SSSR count). The summed E-state index contributed by atoms with van der Waals surface area (Å²) < 4.78 is 15.8. The van der Waals surface area contributed by atoms with Crippen molar-refractivity contribution in [3.63, 3.8) is 0 Å². The number of fused-ring (bicyclic) bond motifs is 1. The molecule has 1 aliphatic heterocycles. The number of hydrogen-bond acceptors (Lipinski definition) is 2. The van der Waals surface area contributed by atoms with E-state index < -0.39 is 6.04 Å². The van der Waals surface area contributed by atoms with Gasteiger partial charge in [0.05, 0.1) is 12.0 Å². The van der Waals surface area contributed by atoms with E-state index in [9.17, 15) is 9.18 Å². The minimum atomic E-state index is -0.398. The summed E-state index contributed by atoms with van der Waals surface area (Å²) in [4.78, 5) is 17.4. The van der Waals surface area contributed by atoms with Gasteiger partial charge in [0.25, 0.3) is 0 Å². The van der Waals surface area contributed by atoms with Gasteiger partial charge in [-0.25, -0.2) is 9.37 Å². The summed E-state index contributed by atoms with van der Waals surface area (Å²) in [5.74, 6) is 0.138. The Kier molecular flexibility index (Phi) is 4.52. The zero-order chi connectivity index (χ0) is 17.9. The Balaban J connectivity index is 1.65. The third kappa shape index (κ3) is 3.25. The minimum Gasteiger partial charge on any atom is -0.345 e. The lowest BCUT2D eigenvalue weighted by atomic mass is 9.94. The highest BCUT2D eigenvalue weighted by molar-refractivity contribution is 5.83. The molecule has 2 atom stereocenters. The van der Waals surface area contributed by atoms with Crippen molar-refractivity contribution in [1.29, 1.82) is 0 Å². The molecule has 26 heavy (non-hydrogen) atoms. The lowest BCUT2D eigenvalue weighted by Crippen LogP contribution is -2.36. The average molecular weight is 349 g/mol. The van der Waals surface area contributed by atoms with Gasteiger partial charge in [0.15, 0.2) is 0 Å². The number of aryl methyl sites for hydroxylation is 1. The van der Waals surface area contributed by atoms with Crippen LogP contribution in [0.3, 0.4) is 0 Å². The van der Waals surface area contributed by atoms with Crippen molar-refractivity contribution in [2.24, 2.45) is 0 Å². The van der Waals surface area contributed by atoms with E-state index in [0.717, 1.165) is 36.3 Å². The van der Waals surface area contributed by atoms with E-state index >= 15 is 0 Å². The molecule has 1 aliphatic rings. The fourth-order valence-electron chi connectivity index (χ4n) is 3.60. The van der Waals surface area contributed by atoms with Crippen LogP contribution in [-0.4, -0.2) is 15.5 Å². The maximum absolute atomic E-state index is 13.8. The van der Waals surface area contributed by atoms with Crippen LogP contribution >= 0.6 is 0 Å². The number of carbonyl (C=O) groups is 1. The number of halogens is 1. The second kappa shape index (κ2) is 7.12. The zero-order valence-electron chi connectivity index (χ0n) is 14.3. The molecule has 2 heterocycles. The van der Waals surface area contributed by atoms with Crippen LogP contribution in [0.5, 0.6) is 0 Å². The molecule has 0 unspecified atom stereocenters. The van der Waals surface area contributed by atoms with Crippen molar-refractivity contribution in [3.8, 4) is 0 Å². The number of rotatable bonds is 4. The highest BCUT2D eigenvalue weighted by Crippen LogP contribution is 2.29. The Bertz CT molecular complexity index is 906. The zero-order valence-corrected chi connectivity index (χ0v) is 14.3. The van der Waals surface area contributed by atoms with Gasteiger partial charge in [-0.2, -0.15) is 0 Å². The van der Waals surface area contributed by atoms with Gasteiger partial charge in [0, 0.05) is 18.9 Å². The lowest BCUT2D eigenvalue weighted by molar-refractivity contribution is -0.123. The van der Waals surface area contributed by atoms with Crippen molar-refractivity contribution in [2.75, 3.05) is 0 Å². The van der Waals surface area contributed by atoms with Gasteiger partial charge >= 0.3 is 0 Å². The summed E-state index contributed by atoms with van der Waals surface area (Å²) in [6.45, 7) is 0.894. The number of imidazole rings is 1. The predicted molar refractivity (Wildman–Crippen MR) is 97.0 cm³/mol. The van der Waals surface area contributed by atoms with E-state index in [1.165, 1.54) is 12.1 Å². The van der Waals surface area contributed by atoms with Crippen molar-refractivity contribution in [3.05, 3.63) is 89.8 Å². The van der Waals surface area contributed by atoms with Crippen LogP contribution in [0, 0.1) is 5.82 Å². The molecule has 0 saturated carbocycles. The van der Waals surface area contributed by atoms with E-state index in [1.807, 2.05) is 47.2 Å². The summed E-state index contributed by atoms with van der Waals surface area (Å²) in [5.41, 5.74) is 1.65. The van der Waals surface area contributed by atoms with Crippen LogP contribution < -0.4 is 5.32 Å². The molecule has 1 amide bonds. The molecule has 0 radical (unpaired) electrons. The van der Waals surface area contributed by atoms with Crippen molar-refractivity contribution in [1.82, 2.24) is 14.9 Å². The normalized spacial score (nSPS) is 17.3. The Hall–Kier alpha value is -2.95. The van der Waals surface area contributed by atoms with Gasteiger partial charge in [-0.15, -0.1) is 0 Å². The Labute approximate surface area is 151 Å². The second-order valence-electron chi connectivity index (χ2n) is 6.58. The van der Waals surface area contributed by atoms with E-state index in [2.05, 4.69) is 10.3 Å². The molecule has 0 aliphatic carbocycles. The van der Waals surface area contributed by atoms with Crippen LogP contribution in [-0.2, 0) is 11.3 Å². The highest BCUT2D eigenvalue weighted by atomic mass is 19.1. The van der Waals surface area contributed by atoms with E-state index in [0.29, 0.717) is 0 Å². The van der Waals surface area contributed by atoms with Gasteiger partial charge in [-0.05, 0) is 36.1 Å². The molecule has 1 aromatic heterocycles. The topological polar surface area (TPSA) is 46.9 Å². The fourth-order valence-corrected chi connectivity index (χ4v) is 3.60. The smallest absolute Gasteiger partial charge is 0.231 e. The molecular weight excluding hydrogens is 329 g/mol. The van der Waals surface area contributed by atoms with Crippen molar-refractivity contribution < 1.29 is 9.18 Å². The molecular formula is C21H20FN3O. The summed E-state index contributed by atoms with van der Waals surface area (Å²) >= 11 is 0. The van der Waals surface area contributed by atoms with Gasteiger partial charge in [-0.3, -0.25) is 4.79 Å². The maximum atomic E-state index is 13.8.